The highest BCUT2D eigenvalue weighted by atomic mass is 15.2. The number of para-hydroxylation sites is 1. The molecule has 9 aromatic rings. The molecule has 45 heavy (non-hydrogen) atoms. The maximum Gasteiger partial charge on any atom is 0.235 e. The van der Waals surface area contributed by atoms with Crippen LogP contribution >= 0.6 is 0 Å². The fraction of sp³-hybridized carbons (Fsp3) is 0.0750. The number of fused-ring (bicyclic) bond motifs is 8. The van der Waals surface area contributed by atoms with Gasteiger partial charge in [0.1, 0.15) is 0 Å². The average Bonchev–Trinajstić information content (AvgIpc) is 3.49. The van der Waals surface area contributed by atoms with Crippen molar-refractivity contribution in [3.8, 4) is 28.5 Å². The molecule has 0 spiro atoms. The van der Waals surface area contributed by atoms with Gasteiger partial charge in [0.25, 0.3) is 0 Å². The number of rotatable bonds is 2. The minimum absolute atomic E-state index is 0.253. The summed E-state index contributed by atoms with van der Waals surface area (Å²) in [6.45, 7) is 4.58. The molecule has 5 aromatic carbocycles. The van der Waals surface area contributed by atoms with E-state index in [0.29, 0.717) is 5.95 Å². The van der Waals surface area contributed by atoms with Crippen LogP contribution in [-0.2, 0) is 5.41 Å². The second-order valence-corrected chi connectivity index (χ2v) is 12.5. The lowest BCUT2D eigenvalue weighted by molar-refractivity contribution is 0.657. The van der Waals surface area contributed by atoms with E-state index < -0.39 is 0 Å². The predicted octanol–water partition coefficient (Wildman–Crippen LogP) is 9.50. The highest BCUT2D eigenvalue weighted by Gasteiger charge is 2.40. The fourth-order valence-corrected chi connectivity index (χ4v) is 7.84. The molecule has 0 saturated heterocycles. The molecule has 212 valence electrons. The molecule has 5 heteroatoms. The number of benzene rings is 5. The van der Waals surface area contributed by atoms with Crippen molar-refractivity contribution in [1.29, 1.82) is 0 Å². The number of hydrogen-bond acceptors (Lipinski definition) is 3. The Labute approximate surface area is 259 Å². The maximum absolute atomic E-state index is 5.50. The number of hydrogen-bond donors (Lipinski definition) is 0. The van der Waals surface area contributed by atoms with E-state index in [0.717, 1.165) is 44.6 Å². The van der Waals surface area contributed by atoms with E-state index in [9.17, 15) is 0 Å². The third-order valence-electron chi connectivity index (χ3n) is 9.78. The molecule has 1 aliphatic rings. The molecule has 0 N–H and O–H groups in total. The monoisotopic (exact) mass is 577 g/mol. The first-order valence-corrected chi connectivity index (χ1v) is 15.4. The van der Waals surface area contributed by atoms with Crippen LogP contribution in [0.25, 0.3) is 77.6 Å². The highest BCUT2D eigenvalue weighted by Crippen LogP contribution is 2.51. The van der Waals surface area contributed by atoms with Crippen molar-refractivity contribution in [2.24, 2.45) is 0 Å². The van der Waals surface area contributed by atoms with Gasteiger partial charge in [-0.25, -0.2) is 9.97 Å². The average molecular weight is 578 g/mol. The van der Waals surface area contributed by atoms with Crippen LogP contribution in [0.1, 0.15) is 25.0 Å². The van der Waals surface area contributed by atoms with Gasteiger partial charge in [0.15, 0.2) is 0 Å². The van der Waals surface area contributed by atoms with Crippen molar-refractivity contribution < 1.29 is 0 Å². The number of nitrogens with zero attached hydrogens (tertiary/aromatic N) is 5. The Balaban J connectivity index is 1.45. The zero-order chi connectivity index (χ0) is 29.9. The SMILES string of the molecule is CC1(C)c2ccccc2-c2nc(-n3c4cccc5ccc6c7ccccc7n(c7ccncc73)c6c54)nc(-c3ccccc3)c21. The molecule has 0 aliphatic heterocycles. The topological polar surface area (TPSA) is 48.0 Å². The van der Waals surface area contributed by atoms with Gasteiger partial charge in [-0.1, -0.05) is 111 Å². The van der Waals surface area contributed by atoms with E-state index in [-0.39, 0.29) is 5.41 Å². The predicted molar refractivity (Wildman–Crippen MR) is 183 cm³/mol. The summed E-state index contributed by atoms with van der Waals surface area (Å²) >= 11 is 0. The third kappa shape index (κ3) is 3.14. The lowest BCUT2D eigenvalue weighted by Gasteiger charge is -2.24. The van der Waals surface area contributed by atoms with Gasteiger partial charge in [-0.05, 0) is 29.1 Å². The van der Waals surface area contributed by atoms with Crippen LogP contribution in [0, 0.1) is 0 Å². The number of pyridine rings is 1. The molecule has 4 aromatic heterocycles. The Morgan fingerprint density at radius 2 is 1.38 bits per heavy atom. The Morgan fingerprint density at radius 1 is 0.600 bits per heavy atom. The van der Waals surface area contributed by atoms with E-state index in [1.165, 1.54) is 38.1 Å². The Bertz CT molecular complexity index is 2660. The van der Waals surface area contributed by atoms with Crippen molar-refractivity contribution in [3.05, 3.63) is 139 Å². The molecular formula is C40H27N5. The molecule has 0 amide bonds. The van der Waals surface area contributed by atoms with Gasteiger partial charge in [0.2, 0.25) is 5.95 Å². The molecule has 0 radical (unpaired) electrons. The molecule has 0 unspecified atom stereocenters. The van der Waals surface area contributed by atoms with Gasteiger partial charge in [-0.3, -0.25) is 9.55 Å². The summed E-state index contributed by atoms with van der Waals surface area (Å²) in [6, 6.07) is 41.0. The van der Waals surface area contributed by atoms with Crippen LogP contribution in [0.2, 0.25) is 0 Å². The molecule has 0 bridgehead atoms. The summed E-state index contributed by atoms with van der Waals surface area (Å²) in [7, 11) is 0. The van der Waals surface area contributed by atoms with Crippen molar-refractivity contribution in [1.82, 2.24) is 23.9 Å². The maximum atomic E-state index is 5.50. The minimum Gasteiger partial charge on any atom is -0.306 e. The molecule has 0 fully saturated rings. The molecule has 0 saturated carbocycles. The molecule has 5 nitrogen and oxygen atoms in total. The summed E-state index contributed by atoms with van der Waals surface area (Å²) in [5, 5.41) is 4.81. The Kier molecular flexibility index (Phi) is 4.73. The smallest absolute Gasteiger partial charge is 0.235 e. The van der Waals surface area contributed by atoms with Crippen molar-refractivity contribution in [3.63, 3.8) is 0 Å². The van der Waals surface area contributed by atoms with E-state index in [1.54, 1.807) is 0 Å². The van der Waals surface area contributed by atoms with Crippen LogP contribution in [0.4, 0.5) is 0 Å². The quantitative estimate of drug-likeness (QED) is 0.206. The summed E-state index contributed by atoms with van der Waals surface area (Å²) in [5.41, 5.74) is 11.8. The first-order valence-electron chi connectivity index (χ1n) is 15.4. The molecular weight excluding hydrogens is 550 g/mol. The van der Waals surface area contributed by atoms with Crippen LogP contribution in [0.15, 0.2) is 128 Å². The minimum atomic E-state index is -0.253. The van der Waals surface area contributed by atoms with E-state index >= 15 is 0 Å². The van der Waals surface area contributed by atoms with E-state index in [1.807, 2.05) is 12.4 Å². The second kappa shape index (κ2) is 8.64. The lowest BCUT2D eigenvalue weighted by Crippen LogP contribution is -2.18. The third-order valence-corrected chi connectivity index (χ3v) is 9.78. The van der Waals surface area contributed by atoms with Gasteiger partial charge in [-0.2, -0.15) is 0 Å². The van der Waals surface area contributed by atoms with Gasteiger partial charge in [-0.15, -0.1) is 0 Å². The van der Waals surface area contributed by atoms with Crippen LogP contribution in [-0.4, -0.2) is 23.9 Å². The zero-order valence-electron chi connectivity index (χ0n) is 24.9. The summed E-state index contributed by atoms with van der Waals surface area (Å²) in [6.07, 6.45) is 3.84. The Hall–Kier alpha value is -5.81. The summed E-state index contributed by atoms with van der Waals surface area (Å²) in [5.74, 6) is 0.633. The van der Waals surface area contributed by atoms with Crippen LogP contribution in [0.3, 0.4) is 0 Å². The molecule has 4 heterocycles. The highest BCUT2D eigenvalue weighted by molar-refractivity contribution is 6.23. The summed E-state index contributed by atoms with van der Waals surface area (Å²) in [4.78, 5) is 15.6. The molecule has 10 rings (SSSR count). The van der Waals surface area contributed by atoms with E-state index in [4.69, 9.17) is 9.97 Å². The first kappa shape index (κ1) is 24.6. The fourth-order valence-electron chi connectivity index (χ4n) is 7.84. The largest absolute Gasteiger partial charge is 0.306 e. The standard InChI is InChI=1S/C40H27N5/c1-40(2)29-16-8-6-15-28(29)37-35(40)36(25-11-4-3-5-12-25)42-39(43-37)45-32-18-10-13-24-19-20-27-26-14-7-9-17-30(26)44(38(27)34(24)32)31-21-22-41-23-33(31)45/h3-23H,1-2H3. The second-order valence-electron chi connectivity index (χ2n) is 12.5. The van der Waals surface area contributed by atoms with Crippen molar-refractivity contribution in [2.75, 3.05) is 0 Å². The van der Waals surface area contributed by atoms with Crippen LogP contribution in [0.5, 0.6) is 0 Å². The van der Waals surface area contributed by atoms with Gasteiger partial charge < -0.3 is 4.40 Å². The first-order chi connectivity index (χ1) is 22.1. The zero-order valence-corrected chi connectivity index (χ0v) is 24.9. The van der Waals surface area contributed by atoms with Gasteiger partial charge in [0.05, 0.1) is 45.2 Å². The molecule has 1 aliphatic carbocycles. The van der Waals surface area contributed by atoms with Gasteiger partial charge in [0, 0.05) is 44.5 Å². The summed E-state index contributed by atoms with van der Waals surface area (Å²) < 4.78 is 4.63. The Morgan fingerprint density at radius 3 is 2.29 bits per heavy atom. The van der Waals surface area contributed by atoms with Gasteiger partial charge >= 0.3 is 0 Å². The van der Waals surface area contributed by atoms with Crippen LogP contribution < -0.4 is 0 Å². The number of aromatic nitrogens is 5. The molecule has 0 atom stereocenters. The van der Waals surface area contributed by atoms with E-state index in [2.05, 4.69) is 143 Å². The lowest BCUT2D eigenvalue weighted by atomic mass is 9.81. The van der Waals surface area contributed by atoms with Crippen molar-refractivity contribution >= 4 is 49.1 Å². The van der Waals surface area contributed by atoms with Crippen molar-refractivity contribution in [2.45, 2.75) is 19.3 Å². The normalized spacial score (nSPS) is 13.7.